The molecule has 3 heterocycles. The molecule has 1 aliphatic heterocycles. The number of aryl methyl sites for hydroxylation is 1. The van der Waals surface area contributed by atoms with Crippen LogP contribution in [0.15, 0.2) is 35.4 Å². The third-order valence-electron chi connectivity index (χ3n) is 4.92. The third-order valence-corrected chi connectivity index (χ3v) is 6.04. The Morgan fingerprint density at radius 3 is 2.93 bits per heavy atom. The Balaban J connectivity index is 1.68. The molecule has 0 aliphatic carbocycles. The lowest BCUT2D eigenvalue weighted by Gasteiger charge is -2.27. The molecule has 1 amide bonds. The van der Waals surface area contributed by atoms with Crippen molar-refractivity contribution in [2.24, 2.45) is 0 Å². The van der Waals surface area contributed by atoms with Crippen LogP contribution in [0.1, 0.15) is 34.1 Å². The Kier molecular flexibility index (Phi) is 4.70. The molecule has 0 atom stereocenters. The first-order valence-corrected chi connectivity index (χ1v) is 9.87. The largest absolute Gasteiger partial charge is 0.496 e. The molecule has 3 aromatic rings. The molecular weight excluding hydrogens is 362 g/mol. The van der Waals surface area contributed by atoms with Crippen molar-refractivity contribution in [3.63, 3.8) is 0 Å². The third kappa shape index (κ3) is 3.02. The van der Waals surface area contributed by atoms with E-state index >= 15 is 0 Å². The van der Waals surface area contributed by atoms with Crippen molar-refractivity contribution < 1.29 is 9.53 Å². The van der Waals surface area contributed by atoms with E-state index in [2.05, 4.69) is 4.98 Å². The van der Waals surface area contributed by atoms with Gasteiger partial charge in [0.25, 0.3) is 11.5 Å². The Bertz CT molecular complexity index is 1070. The highest BCUT2D eigenvalue weighted by molar-refractivity contribution is 7.18. The number of benzene rings is 1. The number of rotatable bonds is 4. The second-order valence-electron chi connectivity index (χ2n) is 6.60. The van der Waals surface area contributed by atoms with Crippen LogP contribution < -0.4 is 10.3 Å². The molecule has 0 unspecified atom stereocenters. The molecule has 0 saturated carbocycles. The van der Waals surface area contributed by atoms with Crippen molar-refractivity contribution in [1.82, 2.24) is 14.5 Å². The highest BCUT2D eigenvalue weighted by atomic mass is 32.1. The van der Waals surface area contributed by atoms with Crippen LogP contribution in [-0.2, 0) is 19.5 Å². The van der Waals surface area contributed by atoms with Crippen LogP contribution >= 0.6 is 11.3 Å². The fourth-order valence-electron chi connectivity index (χ4n) is 3.58. The minimum Gasteiger partial charge on any atom is -0.496 e. The molecule has 2 aromatic heterocycles. The van der Waals surface area contributed by atoms with Crippen LogP contribution in [-0.4, -0.2) is 34.0 Å². The van der Waals surface area contributed by atoms with Gasteiger partial charge in [-0.15, -0.1) is 11.3 Å². The molecule has 7 heteroatoms. The van der Waals surface area contributed by atoms with Crippen molar-refractivity contribution >= 4 is 27.5 Å². The van der Waals surface area contributed by atoms with Crippen LogP contribution in [0, 0.1) is 0 Å². The highest BCUT2D eigenvalue weighted by Gasteiger charge is 2.28. The number of carbonyl (C=O) groups is 1. The van der Waals surface area contributed by atoms with E-state index in [4.69, 9.17) is 4.74 Å². The molecule has 0 bridgehead atoms. The topological polar surface area (TPSA) is 64.4 Å². The zero-order valence-corrected chi connectivity index (χ0v) is 16.2. The second kappa shape index (κ2) is 7.15. The highest BCUT2D eigenvalue weighted by Crippen LogP contribution is 2.33. The zero-order valence-electron chi connectivity index (χ0n) is 15.4. The van der Waals surface area contributed by atoms with E-state index in [1.165, 1.54) is 11.3 Å². The molecule has 6 nitrogen and oxygen atoms in total. The van der Waals surface area contributed by atoms with Crippen molar-refractivity contribution in [2.75, 3.05) is 13.7 Å². The van der Waals surface area contributed by atoms with Crippen molar-refractivity contribution in [3.8, 4) is 5.75 Å². The lowest BCUT2D eigenvalue weighted by Crippen LogP contribution is -2.35. The number of hydrogen-bond acceptors (Lipinski definition) is 5. The summed E-state index contributed by atoms with van der Waals surface area (Å²) in [6, 6.07) is 7.27. The van der Waals surface area contributed by atoms with E-state index in [9.17, 15) is 9.59 Å². The normalized spacial score (nSPS) is 13.6. The second-order valence-corrected chi connectivity index (χ2v) is 7.69. The van der Waals surface area contributed by atoms with Gasteiger partial charge in [-0.1, -0.05) is 19.1 Å². The van der Waals surface area contributed by atoms with E-state index in [-0.39, 0.29) is 11.5 Å². The van der Waals surface area contributed by atoms with Crippen LogP contribution in [0.4, 0.5) is 0 Å². The summed E-state index contributed by atoms with van der Waals surface area (Å²) in [4.78, 5) is 33.9. The molecule has 140 valence electrons. The van der Waals surface area contributed by atoms with Gasteiger partial charge in [-0.05, 0) is 30.5 Å². The van der Waals surface area contributed by atoms with Gasteiger partial charge in [0.15, 0.2) is 0 Å². The average Bonchev–Trinajstić information content (AvgIpc) is 3.08. The van der Waals surface area contributed by atoms with Crippen LogP contribution in [0.3, 0.4) is 0 Å². The number of methoxy groups -OCH3 is 1. The molecule has 0 spiro atoms. The zero-order chi connectivity index (χ0) is 19.0. The van der Waals surface area contributed by atoms with Crippen molar-refractivity contribution in [1.29, 1.82) is 0 Å². The fraction of sp³-hybridized carbons (Fsp3) is 0.350. The van der Waals surface area contributed by atoms with E-state index in [0.29, 0.717) is 37.4 Å². The van der Waals surface area contributed by atoms with Gasteiger partial charge in [-0.2, -0.15) is 0 Å². The number of para-hydroxylation sites is 1. The summed E-state index contributed by atoms with van der Waals surface area (Å²) in [5, 5.41) is 0.732. The summed E-state index contributed by atoms with van der Waals surface area (Å²) in [7, 11) is 1.57. The maximum Gasteiger partial charge on any atom is 0.262 e. The number of hydrogen-bond donors (Lipinski definition) is 0. The van der Waals surface area contributed by atoms with Gasteiger partial charge in [0.1, 0.15) is 10.6 Å². The molecule has 0 saturated heterocycles. The molecular formula is C20H21N3O3S. The van der Waals surface area contributed by atoms with E-state index in [1.807, 2.05) is 24.0 Å². The summed E-state index contributed by atoms with van der Waals surface area (Å²) in [6.07, 6.45) is 3.19. The predicted octanol–water partition coefficient (Wildman–Crippen LogP) is 3.08. The van der Waals surface area contributed by atoms with Gasteiger partial charge in [-0.3, -0.25) is 14.2 Å². The van der Waals surface area contributed by atoms with E-state index < -0.39 is 0 Å². The van der Waals surface area contributed by atoms with E-state index in [0.717, 1.165) is 27.1 Å². The quantitative estimate of drug-likeness (QED) is 0.695. The van der Waals surface area contributed by atoms with Gasteiger partial charge in [-0.25, -0.2) is 4.98 Å². The lowest BCUT2D eigenvalue weighted by molar-refractivity contribution is 0.0734. The van der Waals surface area contributed by atoms with Crippen LogP contribution in [0.2, 0.25) is 0 Å². The number of aromatic nitrogens is 2. The molecule has 0 fully saturated rings. The smallest absolute Gasteiger partial charge is 0.262 e. The minimum absolute atomic E-state index is 0.0313. The first-order chi connectivity index (χ1) is 13.1. The van der Waals surface area contributed by atoms with Gasteiger partial charge in [0.05, 0.1) is 30.9 Å². The number of ether oxygens (including phenoxy) is 1. The van der Waals surface area contributed by atoms with Gasteiger partial charge in [0.2, 0.25) is 0 Å². The number of nitrogens with zero attached hydrogens (tertiary/aromatic N) is 3. The Morgan fingerprint density at radius 2 is 2.15 bits per heavy atom. The number of carbonyl (C=O) groups excluding carboxylic acids is 1. The van der Waals surface area contributed by atoms with Gasteiger partial charge >= 0.3 is 0 Å². The summed E-state index contributed by atoms with van der Waals surface area (Å²) < 4.78 is 7.01. The first kappa shape index (κ1) is 17.7. The van der Waals surface area contributed by atoms with Gasteiger partial charge < -0.3 is 9.64 Å². The SMILES string of the molecule is CCCn1cnc2sc3c(c2c1=O)CCN(C(=O)c1ccccc1OC)C3. The maximum absolute atomic E-state index is 13.0. The average molecular weight is 383 g/mol. The minimum atomic E-state index is -0.0492. The number of thiophene rings is 1. The molecule has 4 rings (SSSR count). The summed E-state index contributed by atoms with van der Waals surface area (Å²) in [5.41, 5.74) is 1.65. The molecule has 0 N–H and O–H groups in total. The van der Waals surface area contributed by atoms with Crippen LogP contribution in [0.5, 0.6) is 5.75 Å². The van der Waals surface area contributed by atoms with Gasteiger partial charge in [0, 0.05) is 18.0 Å². The number of amides is 1. The maximum atomic E-state index is 13.0. The van der Waals surface area contributed by atoms with E-state index in [1.54, 1.807) is 30.1 Å². The molecule has 1 aromatic carbocycles. The van der Waals surface area contributed by atoms with Crippen molar-refractivity contribution in [2.45, 2.75) is 32.9 Å². The fourth-order valence-corrected chi connectivity index (χ4v) is 4.78. The van der Waals surface area contributed by atoms with Crippen LogP contribution in [0.25, 0.3) is 10.2 Å². The predicted molar refractivity (Wildman–Crippen MR) is 106 cm³/mol. The first-order valence-electron chi connectivity index (χ1n) is 9.06. The standard InChI is InChI=1S/C20H21N3O3S/c1-3-9-23-12-21-18-17(20(23)25)14-8-10-22(11-16(14)27-18)19(24)13-6-4-5-7-15(13)26-2/h4-7,12H,3,8-11H2,1-2H3. The monoisotopic (exact) mass is 383 g/mol. The summed E-state index contributed by atoms with van der Waals surface area (Å²) >= 11 is 1.52. The lowest BCUT2D eigenvalue weighted by atomic mass is 10.0. The Labute approximate surface area is 161 Å². The number of fused-ring (bicyclic) bond motifs is 3. The Hall–Kier alpha value is -2.67. The molecule has 1 aliphatic rings. The summed E-state index contributed by atoms with van der Waals surface area (Å²) in [6.45, 7) is 3.80. The van der Waals surface area contributed by atoms with Crippen molar-refractivity contribution in [3.05, 3.63) is 57.0 Å². The molecule has 0 radical (unpaired) electrons. The molecule has 27 heavy (non-hydrogen) atoms. The summed E-state index contributed by atoms with van der Waals surface area (Å²) in [5.74, 6) is 0.528. The Morgan fingerprint density at radius 1 is 1.33 bits per heavy atom.